The minimum atomic E-state index is -0.837. The molecule has 0 saturated carbocycles. The second-order valence-corrected chi connectivity index (χ2v) is 6.09. The van der Waals surface area contributed by atoms with E-state index in [1.165, 1.54) is 36.7 Å². The highest BCUT2D eigenvalue weighted by molar-refractivity contribution is 6.09. The van der Waals surface area contributed by atoms with Crippen LogP contribution in [0, 0.1) is 17.0 Å². The molecule has 0 fully saturated rings. The van der Waals surface area contributed by atoms with Crippen molar-refractivity contribution < 1.29 is 9.72 Å². The maximum Gasteiger partial charge on any atom is 0.330 e. The summed E-state index contributed by atoms with van der Waals surface area (Å²) >= 11 is 0. The number of nitrogens with one attached hydrogen (secondary N) is 1. The van der Waals surface area contributed by atoms with Crippen LogP contribution >= 0.6 is 0 Å². The topological polar surface area (TPSA) is 144 Å². The van der Waals surface area contributed by atoms with Gasteiger partial charge < -0.3 is 10.6 Å². The molecule has 10 heteroatoms. The summed E-state index contributed by atoms with van der Waals surface area (Å²) < 4.78 is 1.18. The fraction of sp³-hybridized carbons (Fsp3) is 0.353. The van der Waals surface area contributed by atoms with E-state index >= 15 is 0 Å². The Morgan fingerprint density at radius 3 is 2.63 bits per heavy atom. The van der Waals surface area contributed by atoms with Crippen molar-refractivity contribution in [2.24, 2.45) is 0 Å². The summed E-state index contributed by atoms with van der Waals surface area (Å²) in [6.45, 7) is 3.72. The maximum absolute atomic E-state index is 12.9. The first-order chi connectivity index (χ1) is 12.7. The van der Waals surface area contributed by atoms with Gasteiger partial charge in [0.15, 0.2) is 5.69 Å². The predicted octanol–water partition coefficient (Wildman–Crippen LogP) is 1.41. The van der Waals surface area contributed by atoms with E-state index in [2.05, 4.69) is 4.98 Å². The molecule has 0 atom stereocenters. The van der Waals surface area contributed by atoms with E-state index in [1.807, 2.05) is 6.92 Å². The number of amides is 1. The van der Waals surface area contributed by atoms with Crippen LogP contribution in [0.15, 0.2) is 27.8 Å². The Hall–Kier alpha value is -3.43. The van der Waals surface area contributed by atoms with Crippen molar-refractivity contribution in [3.63, 3.8) is 0 Å². The molecule has 2 aromatic rings. The van der Waals surface area contributed by atoms with Crippen LogP contribution in [0.4, 0.5) is 17.2 Å². The van der Waals surface area contributed by atoms with Gasteiger partial charge in [0.2, 0.25) is 0 Å². The van der Waals surface area contributed by atoms with Crippen LogP contribution in [0.2, 0.25) is 0 Å². The van der Waals surface area contributed by atoms with Crippen molar-refractivity contribution in [3.8, 4) is 0 Å². The molecule has 10 nitrogen and oxygen atoms in total. The van der Waals surface area contributed by atoms with Crippen LogP contribution in [0.3, 0.4) is 0 Å². The molecule has 144 valence electrons. The zero-order valence-electron chi connectivity index (χ0n) is 15.3. The third kappa shape index (κ3) is 3.73. The lowest BCUT2D eigenvalue weighted by Gasteiger charge is -2.20. The number of hydrogen-bond donors (Lipinski definition) is 2. The summed E-state index contributed by atoms with van der Waals surface area (Å²) in [5, 5.41) is 11.4. The summed E-state index contributed by atoms with van der Waals surface area (Å²) in [5.74, 6) is -0.938. The molecule has 0 unspecified atom stereocenters. The molecule has 0 radical (unpaired) electrons. The van der Waals surface area contributed by atoms with E-state index in [9.17, 15) is 24.5 Å². The molecule has 0 bridgehead atoms. The number of unbranched alkanes of at least 4 members (excludes halogenated alkanes) is 1. The number of anilines is 2. The summed E-state index contributed by atoms with van der Waals surface area (Å²) in [6.07, 6.45) is 1.45. The second kappa shape index (κ2) is 7.85. The Morgan fingerprint density at radius 1 is 1.37 bits per heavy atom. The van der Waals surface area contributed by atoms with E-state index < -0.39 is 22.1 Å². The van der Waals surface area contributed by atoms with Gasteiger partial charge in [0, 0.05) is 19.2 Å². The number of nitrogens with zero attached hydrogens (tertiary/aromatic N) is 3. The summed E-state index contributed by atoms with van der Waals surface area (Å²) in [5.41, 5.74) is 4.05. The Morgan fingerprint density at radius 2 is 2.04 bits per heavy atom. The zero-order valence-corrected chi connectivity index (χ0v) is 15.3. The number of benzene rings is 1. The van der Waals surface area contributed by atoms with E-state index in [0.717, 1.165) is 11.3 Å². The molecule has 0 spiro atoms. The van der Waals surface area contributed by atoms with Gasteiger partial charge >= 0.3 is 5.69 Å². The number of nitro benzene ring substituents is 1. The molecule has 3 N–H and O–H groups in total. The normalized spacial score (nSPS) is 10.6. The lowest BCUT2D eigenvalue weighted by atomic mass is 10.1. The van der Waals surface area contributed by atoms with Gasteiger partial charge in [0.05, 0.1) is 4.92 Å². The Labute approximate surface area is 154 Å². The van der Waals surface area contributed by atoms with Crippen LogP contribution in [0.25, 0.3) is 0 Å². The third-order valence-corrected chi connectivity index (χ3v) is 4.24. The fourth-order valence-corrected chi connectivity index (χ4v) is 2.80. The first kappa shape index (κ1) is 19.9. The highest BCUT2D eigenvalue weighted by Gasteiger charge is 2.28. The number of nitro groups is 1. The average molecular weight is 375 g/mol. The third-order valence-electron chi connectivity index (χ3n) is 4.24. The minimum absolute atomic E-state index is 0.164. The molecular formula is C17H21N5O5. The Balaban J connectivity index is 2.59. The van der Waals surface area contributed by atoms with Crippen molar-refractivity contribution in [2.75, 3.05) is 17.7 Å². The van der Waals surface area contributed by atoms with Crippen LogP contribution < -0.4 is 21.9 Å². The quantitative estimate of drug-likeness (QED) is 0.577. The molecule has 0 aliphatic heterocycles. The van der Waals surface area contributed by atoms with E-state index in [4.69, 9.17) is 5.73 Å². The lowest BCUT2D eigenvalue weighted by molar-refractivity contribution is -0.385. The molecule has 0 aliphatic rings. The lowest BCUT2D eigenvalue weighted by Crippen LogP contribution is -2.39. The van der Waals surface area contributed by atoms with Gasteiger partial charge in [-0.05, 0) is 19.4 Å². The molecule has 1 aromatic heterocycles. The predicted molar refractivity (Wildman–Crippen MR) is 101 cm³/mol. The van der Waals surface area contributed by atoms with Gasteiger partial charge in [-0.15, -0.1) is 0 Å². The van der Waals surface area contributed by atoms with Crippen LogP contribution in [0.5, 0.6) is 0 Å². The summed E-state index contributed by atoms with van der Waals surface area (Å²) in [7, 11) is 1.28. The van der Waals surface area contributed by atoms with Crippen molar-refractivity contribution >= 4 is 23.1 Å². The number of para-hydroxylation sites is 1. The van der Waals surface area contributed by atoms with Crippen molar-refractivity contribution in [1.82, 2.24) is 9.55 Å². The smallest absolute Gasteiger partial charge is 0.330 e. The summed E-state index contributed by atoms with van der Waals surface area (Å²) in [4.78, 5) is 50.9. The summed E-state index contributed by atoms with van der Waals surface area (Å²) in [6, 6.07) is 4.33. The van der Waals surface area contributed by atoms with E-state index in [1.54, 1.807) is 0 Å². The number of aromatic amines is 1. The molecule has 27 heavy (non-hydrogen) atoms. The van der Waals surface area contributed by atoms with Gasteiger partial charge in [0.25, 0.3) is 17.2 Å². The first-order valence-corrected chi connectivity index (χ1v) is 8.35. The van der Waals surface area contributed by atoms with Crippen LogP contribution in [-0.4, -0.2) is 27.4 Å². The monoisotopic (exact) mass is 375 g/mol. The van der Waals surface area contributed by atoms with Gasteiger partial charge in [-0.1, -0.05) is 25.5 Å². The molecule has 0 saturated heterocycles. The van der Waals surface area contributed by atoms with E-state index in [0.29, 0.717) is 12.0 Å². The number of H-pyrrole nitrogens is 1. The van der Waals surface area contributed by atoms with Gasteiger partial charge in [-0.3, -0.25) is 29.3 Å². The molecule has 2 rings (SSSR count). The number of rotatable bonds is 6. The van der Waals surface area contributed by atoms with Crippen molar-refractivity contribution in [2.45, 2.75) is 33.2 Å². The minimum Gasteiger partial charge on any atom is -0.383 e. The van der Waals surface area contributed by atoms with E-state index in [-0.39, 0.29) is 29.3 Å². The molecule has 1 amide bonds. The maximum atomic E-state index is 12.9. The molecule has 1 heterocycles. The number of carbonyl (C=O) groups is 1. The zero-order chi connectivity index (χ0) is 20.3. The largest absolute Gasteiger partial charge is 0.383 e. The molecular weight excluding hydrogens is 354 g/mol. The van der Waals surface area contributed by atoms with Crippen LogP contribution in [-0.2, 0) is 6.54 Å². The highest BCUT2D eigenvalue weighted by Crippen LogP contribution is 2.26. The standard InChI is InChI=1S/C17H21N5O5/c1-4-5-9-21-14(18)13(15(23)19-17(21)25)20(3)16(24)11-8-6-7-10(2)12(11)22(26)27/h6-8H,4-5,9,18H2,1-3H3,(H,19,23,25). The fourth-order valence-electron chi connectivity index (χ4n) is 2.80. The highest BCUT2D eigenvalue weighted by atomic mass is 16.6. The average Bonchev–Trinajstić information content (AvgIpc) is 2.59. The number of nitrogens with two attached hydrogens (primary N) is 1. The van der Waals surface area contributed by atoms with Crippen molar-refractivity contribution in [3.05, 3.63) is 60.3 Å². The second-order valence-electron chi connectivity index (χ2n) is 6.09. The number of carbonyl (C=O) groups excluding carboxylic acids is 1. The molecule has 1 aromatic carbocycles. The SMILES string of the molecule is CCCCn1c(N)c(N(C)C(=O)c2cccc(C)c2[N+](=O)[O-])c(=O)[nH]c1=O. The van der Waals surface area contributed by atoms with Crippen molar-refractivity contribution in [1.29, 1.82) is 0 Å². The van der Waals surface area contributed by atoms with Gasteiger partial charge in [-0.2, -0.15) is 0 Å². The van der Waals surface area contributed by atoms with Gasteiger partial charge in [-0.25, -0.2) is 4.79 Å². The Kier molecular flexibility index (Phi) is 5.78. The first-order valence-electron chi connectivity index (χ1n) is 8.35. The van der Waals surface area contributed by atoms with Gasteiger partial charge in [0.1, 0.15) is 11.4 Å². The number of nitrogen functional groups attached to an aromatic ring is 1. The Bertz CT molecular complexity index is 1010. The number of hydrogen-bond acceptors (Lipinski definition) is 6. The van der Waals surface area contributed by atoms with Crippen LogP contribution in [0.1, 0.15) is 35.7 Å². The number of aromatic nitrogens is 2. The number of aryl methyl sites for hydroxylation is 1. The molecule has 0 aliphatic carbocycles.